The van der Waals surface area contributed by atoms with Gasteiger partial charge in [0.2, 0.25) is 5.91 Å². The molecule has 0 bridgehead atoms. The molecule has 2 aromatic rings. The number of halogens is 1. The minimum atomic E-state index is -0.584. The Bertz CT molecular complexity index is 699. The van der Waals surface area contributed by atoms with Gasteiger partial charge in [0.25, 0.3) is 5.91 Å². The van der Waals surface area contributed by atoms with E-state index in [1.807, 2.05) is 44.2 Å². The number of amides is 2. The van der Waals surface area contributed by atoms with Gasteiger partial charge in [0.1, 0.15) is 6.04 Å². The lowest BCUT2D eigenvalue weighted by atomic mass is 10.0. The van der Waals surface area contributed by atoms with Crippen molar-refractivity contribution in [1.82, 2.24) is 10.6 Å². The highest BCUT2D eigenvalue weighted by atomic mass is 35.5. The van der Waals surface area contributed by atoms with Gasteiger partial charge in [0.05, 0.1) is 0 Å². The second-order valence-electron chi connectivity index (χ2n) is 6.23. The molecule has 0 fully saturated rings. The van der Waals surface area contributed by atoms with Gasteiger partial charge < -0.3 is 10.6 Å². The SMILES string of the molecule is CC(C)C(NC(=O)c1ccc(Cl)cc1)C(=O)NCCc1ccccc1. The van der Waals surface area contributed by atoms with Gasteiger partial charge in [0.15, 0.2) is 0 Å². The number of carbonyl (C=O) groups excluding carboxylic acids is 2. The van der Waals surface area contributed by atoms with Gasteiger partial charge in [-0.1, -0.05) is 55.8 Å². The van der Waals surface area contributed by atoms with Gasteiger partial charge in [-0.05, 0) is 42.2 Å². The first kappa shape index (κ1) is 19.0. The standard InChI is InChI=1S/C20H23ClN2O2/c1-14(2)18(23-19(24)16-8-10-17(21)11-9-16)20(25)22-13-12-15-6-4-3-5-7-15/h3-11,14,18H,12-13H2,1-2H3,(H,22,25)(H,23,24). The number of benzene rings is 2. The van der Waals surface area contributed by atoms with Gasteiger partial charge in [-0.25, -0.2) is 0 Å². The summed E-state index contributed by atoms with van der Waals surface area (Å²) >= 11 is 5.83. The molecule has 0 aliphatic rings. The summed E-state index contributed by atoms with van der Waals surface area (Å²) in [6.45, 7) is 4.34. The van der Waals surface area contributed by atoms with Crippen LogP contribution in [0.15, 0.2) is 54.6 Å². The third kappa shape index (κ3) is 5.91. The largest absolute Gasteiger partial charge is 0.354 e. The highest BCUT2D eigenvalue weighted by molar-refractivity contribution is 6.30. The fourth-order valence-electron chi connectivity index (χ4n) is 2.45. The molecule has 0 saturated carbocycles. The van der Waals surface area contributed by atoms with Gasteiger partial charge in [-0.15, -0.1) is 0 Å². The molecule has 0 heterocycles. The van der Waals surface area contributed by atoms with Crippen LogP contribution in [0.5, 0.6) is 0 Å². The molecule has 25 heavy (non-hydrogen) atoms. The zero-order valence-electron chi connectivity index (χ0n) is 14.5. The Morgan fingerprint density at radius 2 is 1.64 bits per heavy atom. The molecule has 0 aliphatic carbocycles. The van der Waals surface area contributed by atoms with Crippen LogP contribution in [0.2, 0.25) is 5.02 Å². The maximum Gasteiger partial charge on any atom is 0.251 e. The molecule has 2 rings (SSSR count). The van der Waals surface area contributed by atoms with E-state index >= 15 is 0 Å². The number of hydrogen-bond donors (Lipinski definition) is 2. The first-order valence-electron chi connectivity index (χ1n) is 8.35. The maximum atomic E-state index is 12.4. The van der Waals surface area contributed by atoms with Gasteiger partial charge >= 0.3 is 0 Å². The van der Waals surface area contributed by atoms with Crippen LogP contribution in [-0.2, 0) is 11.2 Å². The number of rotatable bonds is 7. The van der Waals surface area contributed by atoms with Crippen LogP contribution >= 0.6 is 11.6 Å². The summed E-state index contributed by atoms with van der Waals surface area (Å²) in [6.07, 6.45) is 0.753. The Morgan fingerprint density at radius 1 is 1.00 bits per heavy atom. The van der Waals surface area contributed by atoms with Gasteiger partial charge in [0, 0.05) is 17.1 Å². The lowest BCUT2D eigenvalue weighted by Crippen LogP contribution is -2.50. The highest BCUT2D eigenvalue weighted by Gasteiger charge is 2.24. The topological polar surface area (TPSA) is 58.2 Å². The van der Waals surface area contributed by atoms with E-state index in [4.69, 9.17) is 11.6 Å². The van der Waals surface area contributed by atoms with Crippen molar-refractivity contribution < 1.29 is 9.59 Å². The first-order valence-corrected chi connectivity index (χ1v) is 8.73. The summed E-state index contributed by atoms with van der Waals surface area (Å²) in [5.41, 5.74) is 1.64. The van der Waals surface area contributed by atoms with E-state index in [0.717, 1.165) is 12.0 Å². The van der Waals surface area contributed by atoms with Crippen LogP contribution in [0, 0.1) is 5.92 Å². The molecule has 0 aliphatic heterocycles. The van der Waals surface area contributed by atoms with E-state index in [-0.39, 0.29) is 17.7 Å². The molecule has 0 saturated heterocycles. The Kier molecular flexibility index (Phi) is 7.02. The Labute approximate surface area is 153 Å². The van der Waals surface area contributed by atoms with E-state index < -0.39 is 6.04 Å². The van der Waals surface area contributed by atoms with E-state index in [0.29, 0.717) is 17.1 Å². The molecule has 2 aromatic carbocycles. The predicted molar refractivity (Wildman–Crippen MR) is 101 cm³/mol. The van der Waals surface area contributed by atoms with Gasteiger partial charge in [-0.3, -0.25) is 9.59 Å². The fraction of sp³-hybridized carbons (Fsp3) is 0.300. The van der Waals surface area contributed by atoms with Crippen molar-refractivity contribution in [2.24, 2.45) is 5.92 Å². The number of carbonyl (C=O) groups is 2. The average Bonchev–Trinajstić information content (AvgIpc) is 2.60. The minimum absolute atomic E-state index is 0.0204. The summed E-state index contributed by atoms with van der Waals surface area (Å²) in [5, 5.41) is 6.28. The van der Waals surface area contributed by atoms with Crippen molar-refractivity contribution in [2.75, 3.05) is 6.54 Å². The second-order valence-corrected chi connectivity index (χ2v) is 6.67. The number of hydrogen-bond acceptors (Lipinski definition) is 2. The number of nitrogens with one attached hydrogen (secondary N) is 2. The summed E-state index contributed by atoms with van der Waals surface area (Å²) in [5.74, 6) is -0.477. The van der Waals surface area contributed by atoms with Crippen LogP contribution in [0.1, 0.15) is 29.8 Å². The lowest BCUT2D eigenvalue weighted by Gasteiger charge is -2.22. The summed E-state index contributed by atoms with van der Waals surface area (Å²) < 4.78 is 0. The highest BCUT2D eigenvalue weighted by Crippen LogP contribution is 2.10. The maximum absolute atomic E-state index is 12.4. The third-order valence-electron chi connectivity index (χ3n) is 3.90. The molecule has 1 unspecified atom stereocenters. The quantitative estimate of drug-likeness (QED) is 0.796. The Balaban J connectivity index is 1.91. The first-order chi connectivity index (χ1) is 12.0. The second kappa shape index (κ2) is 9.23. The van der Waals surface area contributed by atoms with Crippen LogP contribution in [0.4, 0.5) is 0 Å². The van der Waals surface area contributed by atoms with Crippen LogP contribution in [0.3, 0.4) is 0 Å². The molecule has 132 valence electrons. The molecule has 5 heteroatoms. The van der Waals surface area contributed by atoms with Gasteiger partial charge in [-0.2, -0.15) is 0 Å². The van der Waals surface area contributed by atoms with Crippen molar-refractivity contribution in [2.45, 2.75) is 26.3 Å². The predicted octanol–water partition coefficient (Wildman–Crippen LogP) is 3.45. The lowest BCUT2D eigenvalue weighted by molar-refractivity contribution is -0.123. The van der Waals surface area contributed by atoms with Crippen molar-refractivity contribution in [3.63, 3.8) is 0 Å². The average molecular weight is 359 g/mol. The fourth-order valence-corrected chi connectivity index (χ4v) is 2.57. The van der Waals surface area contributed by atoms with E-state index in [1.165, 1.54) is 0 Å². The molecule has 0 spiro atoms. The molecule has 1 atom stereocenters. The molecular formula is C20H23ClN2O2. The van der Waals surface area contributed by atoms with Crippen molar-refractivity contribution in [3.05, 3.63) is 70.7 Å². The molecule has 0 radical (unpaired) electrons. The van der Waals surface area contributed by atoms with Crippen LogP contribution in [0.25, 0.3) is 0 Å². The summed E-state index contributed by atoms with van der Waals surface area (Å²) in [7, 11) is 0. The van der Waals surface area contributed by atoms with Crippen molar-refractivity contribution in [3.8, 4) is 0 Å². The monoisotopic (exact) mass is 358 g/mol. The van der Waals surface area contributed by atoms with Crippen LogP contribution < -0.4 is 10.6 Å². The van der Waals surface area contributed by atoms with Crippen molar-refractivity contribution >= 4 is 23.4 Å². The zero-order valence-corrected chi connectivity index (χ0v) is 15.2. The molecule has 4 nitrogen and oxygen atoms in total. The molecule has 2 amide bonds. The summed E-state index contributed by atoms with van der Waals surface area (Å²) in [4.78, 5) is 24.8. The zero-order chi connectivity index (χ0) is 18.2. The van der Waals surface area contributed by atoms with Crippen LogP contribution in [-0.4, -0.2) is 24.4 Å². The summed E-state index contributed by atoms with van der Waals surface area (Å²) in [6, 6.07) is 16.0. The van der Waals surface area contributed by atoms with E-state index in [2.05, 4.69) is 10.6 Å². The van der Waals surface area contributed by atoms with E-state index in [1.54, 1.807) is 24.3 Å². The molecule has 0 aromatic heterocycles. The Hall–Kier alpha value is -2.33. The van der Waals surface area contributed by atoms with Crippen molar-refractivity contribution in [1.29, 1.82) is 0 Å². The Morgan fingerprint density at radius 3 is 2.24 bits per heavy atom. The smallest absolute Gasteiger partial charge is 0.251 e. The molecule has 2 N–H and O–H groups in total. The molecular weight excluding hydrogens is 336 g/mol. The van der Waals surface area contributed by atoms with E-state index in [9.17, 15) is 9.59 Å². The minimum Gasteiger partial charge on any atom is -0.354 e. The normalized spacial score (nSPS) is 11.8. The third-order valence-corrected chi connectivity index (χ3v) is 4.15.